The van der Waals surface area contributed by atoms with Crippen LogP contribution in [0.15, 0.2) is 75.9 Å². The Morgan fingerprint density at radius 3 is 2.00 bits per heavy atom. The zero-order valence-electron chi connectivity index (χ0n) is 13.5. The molecule has 0 saturated carbocycles. The smallest absolute Gasteiger partial charge is 0.201 e. The van der Waals surface area contributed by atoms with Crippen LogP contribution in [-0.2, 0) is 0 Å². The van der Waals surface area contributed by atoms with Crippen LogP contribution in [0.1, 0.15) is 0 Å². The summed E-state index contributed by atoms with van der Waals surface area (Å²) < 4.78 is 5.66. The summed E-state index contributed by atoms with van der Waals surface area (Å²) in [4.78, 5) is 12.3. The van der Waals surface area contributed by atoms with E-state index in [4.69, 9.17) is 4.42 Å². The first-order valence-corrected chi connectivity index (χ1v) is 7.92. The van der Waals surface area contributed by atoms with Crippen LogP contribution in [0.25, 0.3) is 33.4 Å². The van der Waals surface area contributed by atoms with E-state index in [0.29, 0.717) is 11.3 Å². The lowest BCUT2D eigenvalue weighted by Crippen LogP contribution is -2.01. The van der Waals surface area contributed by atoms with Gasteiger partial charge >= 0.3 is 0 Å². The molecule has 4 rings (SSSR count). The van der Waals surface area contributed by atoms with E-state index >= 15 is 0 Å². The Hall–Kier alpha value is -3.73. The second-order valence-corrected chi connectivity index (χ2v) is 5.88. The van der Waals surface area contributed by atoms with Gasteiger partial charge in [0.15, 0.2) is 16.9 Å². The first kappa shape index (κ1) is 15.8. The molecular weight excluding hydrogens is 332 g/mol. The number of phenolic OH excluding ortho intramolecular Hbond substituents is 3. The van der Waals surface area contributed by atoms with Gasteiger partial charge in [0.05, 0.1) is 0 Å². The molecule has 0 bridgehead atoms. The minimum absolute atomic E-state index is 0.00700. The molecule has 0 atom stereocenters. The van der Waals surface area contributed by atoms with Crippen LogP contribution in [0.2, 0.25) is 0 Å². The van der Waals surface area contributed by atoms with Crippen LogP contribution >= 0.6 is 0 Å². The lowest BCUT2D eigenvalue weighted by molar-refractivity contribution is 0.370. The molecule has 1 heterocycles. The molecule has 4 aromatic rings. The van der Waals surface area contributed by atoms with Crippen molar-refractivity contribution in [1.29, 1.82) is 0 Å². The Bertz CT molecular complexity index is 1160. The normalized spacial score (nSPS) is 10.9. The molecule has 0 fully saturated rings. The van der Waals surface area contributed by atoms with E-state index in [9.17, 15) is 20.1 Å². The molecule has 0 aliphatic heterocycles. The summed E-state index contributed by atoms with van der Waals surface area (Å²) in [7, 11) is 0. The van der Waals surface area contributed by atoms with Crippen molar-refractivity contribution >= 4 is 11.0 Å². The molecule has 26 heavy (non-hydrogen) atoms. The van der Waals surface area contributed by atoms with Crippen molar-refractivity contribution in [2.24, 2.45) is 0 Å². The highest BCUT2D eigenvalue weighted by molar-refractivity contribution is 5.89. The largest absolute Gasteiger partial charge is 0.504 e. The number of aromatic hydroxyl groups is 3. The molecule has 0 aliphatic rings. The standard InChI is InChI=1S/C21H14O5/c22-15-10-17(26-18-11-16(23)20(24)21(25)19(15)18)14-8-6-13(7-9-14)12-4-2-1-3-5-12/h1-11,23-25H. The number of benzene rings is 3. The molecule has 3 N–H and O–H groups in total. The summed E-state index contributed by atoms with van der Waals surface area (Å²) in [5.41, 5.74) is 2.26. The van der Waals surface area contributed by atoms with Crippen LogP contribution in [0, 0.1) is 0 Å². The third-order valence-corrected chi connectivity index (χ3v) is 4.22. The molecule has 3 aromatic carbocycles. The number of rotatable bonds is 2. The Labute approximate surface area is 148 Å². The molecule has 0 aliphatic carbocycles. The third-order valence-electron chi connectivity index (χ3n) is 4.22. The summed E-state index contributed by atoms with van der Waals surface area (Å²) in [6, 6.07) is 19.7. The van der Waals surface area contributed by atoms with E-state index < -0.39 is 22.7 Å². The fourth-order valence-electron chi connectivity index (χ4n) is 2.88. The summed E-state index contributed by atoms with van der Waals surface area (Å²) >= 11 is 0. The predicted octanol–water partition coefficient (Wildman–Crippen LogP) is 4.24. The van der Waals surface area contributed by atoms with Crippen LogP contribution < -0.4 is 5.43 Å². The van der Waals surface area contributed by atoms with Gasteiger partial charge in [0.1, 0.15) is 16.7 Å². The van der Waals surface area contributed by atoms with Gasteiger partial charge in [0.25, 0.3) is 0 Å². The zero-order valence-corrected chi connectivity index (χ0v) is 13.5. The Morgan fingerprint density at radius 2 is 1.31 bits per heavy atom. The van der Waals surface area contributed by atoms with Gasteiger partial charge in [-0.3, -0.25) is 4.79 Å². The number of hydrogen-bond donors (Lipinski definition) is 3. The predicted molar refractivity (Wildman–Crippen MR) is 98.4 cm³/mol. The van der Waals surface area contributed by atoms with Gasteiger partial charge in [-0.1, -0.05) is 54.6 Å². The Kier molecular flexibility index (Phi) is 3.62. The van der Waals surface area contributed by atoms with E-state index in [1.807, 2.05) is 54.6 Å². The fraction of sp³-hybridized carbons (Fsp3) is 0. The van der Waals surface area contributed by atoms with E-state index in [1.54, 1.807) is 0 Å². The molecule has 0 saturated heterocycles. The first-order valence-electron chi connectivity index (χ1n) is 7.92. The molecule has 1 aromatic heterocycles. The second kappa shape index (κ2) is 5.97. The Balaban J connectivity index is 1.82. The van der Waals surface area contributed by atoms with Crippen molar-refractivity contribution in [2.75, 3.05) is 0 Å². The minimum atomic E-state index is -0.746. The van der Waals surface area contributed by atoms with Crippen molar-refractivity contribution < 1.29 is 19.7 Å². The van der Waals surface area contributed by atoms with E-state index in [0.717, 1.165) is 17.2 Å². The van der Waals surface area contributed by atoms with Gasteiger partial charge in [0.2, 0.25) is 5.75 Å². The number of phenols is 3. The molecule has 5 heteroatoms. The fourth-order valence-corrected chi connectivity index (χ4v) is 2.88. The van der Waals surface area contributed by atoms with Gasteiger partial charge in [-0.05, 0) is 11.1 Å². The maximum Gasteiger partial charge on any atom is 0.201 e. The average molecular weight is 346 g/mol. The summed E-state index contributed by atoms with van der Waals surface area (Å²) in [5, 5.41) is 28.9. The number of fused-ring (bicyclic) bond motifs is 1. The van der Waals surface area contributed by atoms with Gasteiger partial charge < -0.3 is 19.7 Å². The van der Waals surface area contributed by atoms with Crippen LogP contribution in [0.5, 0.6) is 17.2 Å². The third kappa shape index (κ3) is 2.56. The lowest BCUT2D eigenvalue weighted by Gasteiger charge is -2.08. The molecule has 0 amide bonds. The molecule has 5 nitrogen and oxygen atoms in total. The van der Waals surface area contributed by atoms with Crippen molar-refractivity contribution in [3.8, 4) is 39.7 Å². The van der Waals surface area contributed by atoms with Crippen LogP contribution in [-0.4, -0.2) is 15.3 Å². The quantitative estimate of drug-likeness (QED) is 0.472. The van der Waals surface area contributed by atoms with Crippen LogP contribution in [0.3, 0.4) is 0 Å². The molecule has 0 unspecified atom stereocenters. The van der Waals surface area contributed by atoms with Crippen LogP contribution in [0.4, 0.5) is 0 Å². The van der Waals surface area contributed by atoms with E-state index in [-0.39, 0.29) is 11.0 Å². The second-order valence-electron chi connectivity index (χ2n) is 5.88. The highest BCUT2D eigenvalue weighted by Crippen LogP contribution is 2.40. The van der Waals surface area contributed by atoms with Crippen molar-refractivity contribution in [3.63, 3.8) is 0 Å². The minimum Gasteiger partial charge on any atom is -0.504 e. The molecular formula is C21H14O5. The number of hydrogen-bond acceptors (Lipinski definition) is 5. The van der Waals surface area contributed by atoms with Crippen molar-refractivity contribution in [3.05, 3.63) is 77.0 Å². The topological polar surface area (TPSA) is 90.9 Å². The lowest BCUT2D eigenvalue weighted by atomic mass is 10.0. The SMILES string of the molecule is O=c1cc(-c2ccc(-c3ccccc3)cc2)oc2cc(O)c(O)c(O)c12. The molecule has 0 radical (unpaired) electrons. The van der Waals surface area contributed by atoms with E-state index in [1.165, 1.54) is 6.07 Å². The highest BCUT2D eigenvalue weighted by Gasteiger charge is 2.17. The summed E-state index contributed by atoms with van der Waals surface area (Å²) in [6.07, 6.45) is 0. The molecule has 0 spiro atoms. The maximum absolute atomic E-state index is 12.3. The van der Waals surface area contributed by atoms with Gasteiger partial charge in [-0.15, -0.1) is 0 Å². The average Bonchev–Trinajstić information content (AvgIpc) is 2.66. The van der Waals surface area contributed by atoms with Gasteiger partial charge in [-0.25, -0.2) is 0 Å². The maximum atomic E-state index is 12.3. The Morgan fingerprint density at radius 1 is 0.692 bits per heavy atom. The van der Waals surface area contributed by atoms with E-state index in [2.05, 4.69) is 0 Å². The monoisotopic (exact) mass is 346 g/mol. The highest BCUT2D eigenvalue weighted by atomic mass is 16.3. The summed E-state index contributed by atoms with van der Waals surface area (Å²) in [5.74, 6) is -1.70. The zero-order chi connectivity index (χ0) is 18.3. The van der Waals surface area contributed by atoms with Gasteiger partial charge in [-0.2, -0.15) is 0 Å². The van der Waals surface area contributed by atoms with Gasteiger partial charge in [0, 0.05) is 17.7 Å². The van der Waals surface area contributed by atoms with Crippen molar-refractivity contribution in [2.45, 2.75) is 0 Å². The first-order chi connectivity index (χ1) is 12.5. The summed E-state index contributed by atoms with van der Waals surface area (Å²) in [6.45, 7) is 0. The van der Waals surface area contributed by atoms with Crippen molar-refractivity contribution in [1.82, 2.24) is 0 Å². The molecule has 128 valence electrons.